The van der Waals surface area contributed by atoms with Gasteiger partial charge in [-0.3, -0.25) is 14.4 Å². The van der Waals surface area contributed by atoms with E-state index in [-0.39, 0.29) is 12.8 Å². The number of H-pyrrole nitrogens is 2. The number of carboxylic acid groups (broad SMARTS) is 1. The van der Waals surface area contributed by atoms with Crippen molar-refractivity contribution in [2.45, 2.75) is 37.4 Å². The summed E-state index contributed by atoms with van der Waals surface area (Å²) in [4.78, 5) is 57.9. The van der Waals surface area contributed by atoms with Crippen molar-refractivity contribution in [3.05, 3.63) is 54.2 Å². The molecule has 12 heteroatoms. The molecule has 0 aliphatic rings. The van der Waals surface area contributed by atoms with Gasteiger partial charge in [0, 0.05) is 35.4 Å². The molecule has 0 fully saturated rings. The Morgan fingerprint density at radius 3 is 2.42 bits per heavy atom. The summed E-state index contributed by atoms with van der Waals surface area (Å²) in [5.74, 6) is -3.71. The number of hydrogen-bond donors (Lipinski definition) is 7. The molecular weight excluding hydrogens is 430 g/mol. The summed E-state index contributed by atoms with van der Waals surface area (Å²) in [6.45, 7) is 0. The van der Waals surface area contributed by atoms with E-state index in [1.807, 2.05) is 24.3 Å². The van der Waals surface area contributed by atoms with Crippen LogP contribution in [-0.2, 0) is 32.0 Å². The first-order valence-corrected chi connectivity index (χ1v) is 10.1. The Bertz CT molecular complexity index is 1140. The second-order valence-corrected chi connectivity index (χ2v) is 7.58. The number of benzene rings is 1. The van der Waals surface area contributed by atoms with Crippen molar-refractivity contribution in [3.63, 3.8) is 0 Å². The van der Waals surface area contributed by atoms with Crippen molar-refractivity contribution < 1.29 is 24.3 Å². The van der Waals surface area contributed by atoms with Crippen LogP contribution in [0.3, 0.4) is 0 Å². The number of hydrogen-bond acceptors (Lipinski definition) is 6. The lowest BCUT2D eigenvalue weighted by molar-refractivity contribution is -0.143. The number of nitrogens with one attached hydrogen (secondary N) is 4. The fourth-order valence-corrected chi connectivity index (χ4v) is 3.41. The van der Waals surface area contributed by atoms with Crippen molar-refractivity contribution >= 4 is 34.6 Å². The van der Waals surface area contributed by atoms with E-state index in [9.17, 15) is 24.3 Å². The van der Waals surface area contributed by atoms with Crippen LogP contribution in [0.1, 0.15) is 17.7 Å². The molecule has 2 heterocycles. The first-order chi connectivity index (χ1) is 15.7. The second-order valence-electron chi connectivity index (χ2n) is 7.58. The predicted octanol–water partition coefficient (Wildman–Crippen LogP) is -1.07. The van der Waals surface area contributed by atoms with Crippen LogP contribution >= 0.6 is 0 Å². The van der Waals surface area contributed by atoms with Gasteiger partial charge in [-0.25, -0.2) is 9.78 Å². The van der Waals surface area contributed by atoms with Gasteiger partial charge in [-0.1, -0.05) is 18.2 Å². The van der Waals surface area contributed by atoms with Crippen molar-refractivity contribution in [1.29, 1.82) is 0 Å². The average molecular weight is 455 g/mol. The van der Waals surface area contributed by atoms with E-state index >= 15 is 0 Å². The van der Waals surface area contributed by atoms with Crippen LogP contribution in [-0.4, -0.2) is 61.9 Å². The lowest BCUT2D eigenvalue weighted by Crippen LogP contribution is -2.56. The number of aromatic nitrogens is 3. The maximum absolute atomic E-state index is 12.8. The van der Waals surface area contributed by atoms with Gasteiger partial charge in [0.25, 0.3) is 0 Å². The molecular formula is C21H25N7O5. The molecule has 0 aliphatic heterocycles. The molecule has 0 aliphatic carbocycles. The number of fused-ring (bicyclic) bond motifs is 1. The number of amides is 3. The number of aliphatic carboxylic acids is 1. The zero-order chi connectivity index (χ0) is 24.0. The highest BCUT2D eigenvalue weighted by Crippen LogP contribution is 2.18. The van der Waals surface area contributed by atoms with Crippen molar-refractivity contribution in [2.24, 2.45) is 11.5 Å². The largest absolute Gasteiger partial charge is 0.480 e. The second kappa shape index (κ2) is 10.4. The van der Waals surface area contributed by atoms with Gasteiger partial charge < -0.3 is 37.2 Å². The molecule has 0 spiro atoms. The van der Waals surface area contributed by atoms with Gasteiger partial charge in [0.15, 0.2) is 0 Å². The minimum atomic E-state index is -1.53. The molecule has 1 aromatic carbocycles. The monoisotopic (exact) mass is 455 g/mol. The van der Waals surface area contributed by atoms with Crippen LogP contribution in [0.25, 0.3) is 10.9 Å². The number of aromatic amines is 2. The SMILES string of the molecule is NC(=O)C[C@H](NC(=O)[C@H](Cc1cnc[nH]1)NC(=O)[C@@H](N)Cc1c[nH]c2ccccc12)C(=O)O. The number of carboxylic acids is 1. The van der Waals surface area contributed by atoms with Gasteiger partial charge in [-0.2, -0.15) is 0 Å². The van der Waals surface area contributed by atoms with Crippen LogP contribution in [0.2, 0.25) is 0 Å². The molecule has 3 aromatic rings. The van der Waals surface area contributed by atoms with Gasteiger partial charge in [-0.05, 0) is 18.1 Å². The van der Waals surface area contributed by atoms with Crippen LogP contribution in [0.5, 0.6) is 0 Å². The first-order valence-electron chi connectivity index (χ1n) is 10.1. The van der Waals surface area contributed by atoms with Crippen LogP contribution in [0.4, 0.5) is 0 Å². The number of carbonyl (C=O) groups excluding carboxylic acids is 3. The smallest absolute Gasteiger partial charge is 0.326 e. The Kier molecular flexibility index (Phi) is 7.41. The molecule has 174 valence electrons. The lowest BCUT2D eigenvalue weighted by Gasteiger charge is -2.22. The molecule has 3 rings (SSSR count). The molecule has 0 saturated carbocycles. The number of nitrogens with zero attached hydrogens (tertiary/aromatic N) is 1. The Labute approximate surface area is 188 Å². The highest BCUT2D eigenvalue weighted by Gasteiger charge is 2.29. The summed E-state index contributed by atoms with van der Waals surface area (Å²) < 4.78 is 0. The lowest BCUT2D eigenvalue weighted by atomic mass is 10.0. The number of primary amides is 1. The van der Waals surface area contributed by atoms with Gasteiger partial charge in [0.05, 0.1) is 18.8 Å². The molecule has 9 N–H and O–H groups in total. The number of carbonyl (C=O) groups is 4. The fourth-order valence-electron chi connectivity index (χ4n) is 3.41. The van der Waals surface area contributed by atoms with Crippen molar-refractivity contribution in [2.75, 3.05) is 0 Å². The van der Waals surface area contributed by atoms with Crippen LogP contribution in [0.15, 0.2) is 43.0 Å². The molecule has 0 saturated heterocycles. The number of rotatable bonds is 11. The van der Waals surface area contributed by atoms with E-state index in [0.717, 1.165) is 16.5 Å². The highest BCUT2D eigenvalue weighted by atomic mass is 16.4. The summed E-state index contributed by atoms with van der Waals surface area (Å²) in [6.07, 6.45) is 4.27. The summed E-state index contributed by atoms with van der Waals surface area (Å²) >= 11 is 0. The predicted molar refractivity (Wildman–Crippen MR) is 118 cm³/mol. The number of nitrogens with two attached hydrogens (primary N) is 2. The van der Waals surface area contributed by atoms with Gasteiger partial charge >= 0.3 is 5.97 Å². The summed E-state index contributed by atoms with van der Waals surface area (Å²) in [7, 11) is 0. The van der Waals surface area contributed by atoms with Crippen LogP contribution < -0.4 is 22.1 Å². The number of imidazole rings is 1. The highest BCUT2D eigenvalue weighted by molar-refractivity contribution is 5.93. The first kappa shape index (κ1) is 23.5. The van der Waals surface area contributed by atoms with Crippen molar-refractivity contribution in [3.8, 4) is 0 Å². The van der Waals surface area contributed by atoms with E-state index in [4.69, 9.17) is 11.5 Å². The molecule has 12 nitrogen and oxygen atoms in total. The maximum Gasteiger partial charge on any atom is 0.326 e. The van der Waals surface area contributed by atoms with E-state index in [2.05, 4.69) is 25.6 Å². The van der Waals surface area contributed by atoms with Gasteiger partial charge in [0.2, 0.25) is 17.7 Å². The topological polar surface area (TPSA) is 209 Å². The molecule has 0 bridgehead atoms. The Morgan fingerprint density at radius 2 is 1.76 bits per heavy atom. The standard InChI is InChI=1S/C21H25N7O5/c22-14(5-11-8-25-15-4-2-1-3-13(11)15)19(30)27-16(6-12-9-24-10-26-12)20(31)28-17(21(32)33)7-18(23)29/h1-4,8-10,14,16-17,25H,5-7,22H2,(H2,23,29)(H,24,26)(H,27,30)(H,28,31)(H,32,33)/t14-,16-,17-/m0/s1. The quantitative estimate of drug-likeness (QED) is 0.190. The summed E-state index contributed by atoms with van der Waals surface area (Å²) in [6, 6.07) is 3.91. The molecule has 2 aromatic heterocycles. The molecule has 3 amide bonds. The van der Waals surface area contributed by atoms with E-state index in [1.54, 1.807) is 6.20 Å². The third kappa shape index (κ3) is 6.17. The summed E-state index contributed by atoms with van der Waals surface area (Å²) in [5, 5.41) is 15.0. The third-order valence-electron chi connectivity index (χ3n) is 5.08. The van der Waals surface area contributed by atoms with Gasteiger partial charge in [-0.15, -0.1) is 0 Å². The van der Waals surface area contributed by atoms with E-state index < -0.39 is 48.2 Å². The molecule has 33 heavy (non-hydrogen) atoms. The molecule has 0 radical (unpaired) electrons. The normalized spacial score (nSPS) is 13.7. The minimum absolute atomic E-state index is 0.000287. The maximum atomic E-state index is 12.8. The van der Waals surface area contributed by atoms with Gasteiger partial charge in [0.1, 0.15) is 12.1 Å². The Morgan fingerprint density at radius 1 is 1.03 bits per heavy atom. The zero-order valence-electron chi connectivity index (χ0n) is 17.6. The Hall–Kier alpha value is -4.19. The summed E-state index contributed by atoms with van der Waals surface area (Å²) in [5.41, 5.74) is 13.4. The van der Waals surface area contributed by atoms with E-state index in [0.29, 0.717) is 5.69 Å². The molecule has 3 atom stereocenters. The van der Waals surface area contributed by atoms with Crippen LogP contribution in [0, 0.1) is 0 Å². The van der Waals surface area contributed by atoms with E-state index in [1.165, 1.54) is 12.5 Å². The molecule has 0 unspecified atom stereocenters. The zero-order valence-corrected chi connectivity index (χ0v) is 17.6. The average Bonchev–Trinajstić information content (AvgIpc) is 3.42. The van der Waals surface area contributed by atoms with Crippen molar-refractivity contribution in [1.82, 2.24) is 25.6 Å². The Balaban J connectivity index is 1.71. The fraction of sp³-hybridized carbons (Fsp3) is 0.286. The number of para-hydroxylation sites is 1. The minimum Gasteiger partial charge on any atom is -0.480 e. The third-order valence-corrected chi connectivity index (χ3v) is 5.08.